The van der Waals surface area contributed by atoms with E-state index in [1.807, 2.05) is 0 Å². The highest BCUT2D eigenvalue weighted by molar-refractivity contribution is 7.80. The van der Waals surface area contributed by atoms with Crippen LogP contribution in [0.15, 0.2) is 0 Å². The lowest BCUT2D eigenvalue weighted by Gasteiger charge is -2.31. The van der Waals surface area contributed by atoms with Gasteiger partial charge in [-0.15, -0.1) is 0 Å². The molecule has 3 heteroatoms. The second-order valence-corrected chi connectivity index (χ2v) is 3.47. The average molecular weight is 175 g/mol. The summed E-state index contributed by atoms with van der Waals surface area (Å²) in [6.07, 6.45) is 2.95. The minimum Gasteiger partial charge on any atom is -0.380 e. The summed E-state index contributed by atoms with van der Waals surface area (Å²) < 4.78 is 5.30. The molecule has 11 heavy (non-hydrogen) atoms. The van der Waals surface area contributed by atoms with Gasteiger partial charge in [0.2, 0.25) is 0 Å². The van der Waals surface area contributed by atoms with Gasteiger partial charge in [-0.2, -0.15) is 12.6 Å². The fourth-order valence-electron chi connectivity index (χ4n) is 1.55. The van der Waals surface area contributed by atoms with Gasteiger partial charge in [0.1, 0.15) is 0 Å². The first kappa shape index (κ1) is 9.36. The maximum atomic E-state index is 5.30. The number of ether oxygens (including phenoxy) is 1. The predicted molar refractivity (Wildman–Crippen MR) is 50.3 cm³/mol. The van der Waals surface area contributed by atoms with E-state index < -0.39 is 0 Å². The fourth-order valence-corrected chi connectivity index (χ4v) is 1.83. The van der Waals surface area contributed by atoms with Crippen LogP contribution >= 0.6 is 12.6 Å². The Bertz CT molecular complexity index is 108. The monoisotopic (exact) mass is 175 g/mol. The van der Waals surface area contributed by atoms with Crippen LogP contribution in [0.1, 0.15) is 12.8 Å². The second kappa shape index (κ2) is 5.01. The summed E-state index contributed by atoms with van der Waals surface area (Å²) in [4.78, 5) is 2.42. The first-order valence-electron chi connectivity index (χ1n) is 4.23. The Morgan fingerprint density at radius 2 is 2.45 bits per heavy atom. The van der Waals surface area contributed by atoms with E-state index in [-0.39, 0.29) is 0 Å². The number of rotatable bonds is 3. The maximum Gasteiger partial charge on any atom is 0.0698 e. The Morgan fingerprint density at radius 1 is 1.64 bits per heavy atom. The SMILES string of the molecule is COC1CCCN(CCS)C1. The summed E-state index contributed by atoms with van der Waals surface area (Å²) in [6.45, 7) is 3.42. The number of thiol groups is 1. The minimum absolute atomic E-state index is 0.462. The smallest absolute Gasteiger partial charge is 0.0698 e. The van der Waals surface area contributed by atoms with E-state index in [1.165, 1.54) is 19.4 Å². The molecule has 0 aromatic rings. The van der Waals surface area contributed by atoms with Gasteiger partial charge in [-0.25, -0.2) is 0 Å². The fraction of sp³-hybridized carbons (Fsp3) is 1.00. The van der Waals surface area contributed by atoms with Crippen LogP contribution in [0.5, 0.6) is 0 Å². The highest BCUT2D eigenvalue weighted by Crippen LogP contribution is 2.11. The summed E-state index contributed by atoms with van der Waals surface area (Å²) in [5.41, 5.74) is 0. The number of piperidine rings is 1. The third kappa shape index (κ3) is 3.01. The molecule has 0 bridgehead atoms. The Balaban J connectivity index is 2.21. The molecule has 0 N–H and O–H groups in total. The van der Waals surface area contributed by atoms with Crippen LogP contribution in [0.2, 0.25) is 0 Å². The van der Waals surface area contributed by atoms with Crippen molar-refractivity contribution in [1.82, 2.24) is 4.90 Å². The van der Waals surface area contributed by atoms with Crippen molar-refractivity contribution in [2.45, 2.75) is 18.9 Å². The first-order valence-corrected chi connectivity index (χ1v) is 4.86. The molecule has 1 saturated heterocycles. The molecule has 0 aromatic heterocycles. The Labute approximate surface area is 74.3 Å². The third-order valence-corrected chi connectivity index (χ3v) is 2.41. The van der Waals surface area contributed by atoms with Crippen molar-refractivity contribution < 1.29 is 4.74 Å². The molecule has 0 radical (unpaired) electrons. The van der Waals surface area contributed by atoms with E-state index in [9.17, 15) is 0 Å². The minimum atomic E-state index is 0.462. The normalized spacial score (nSPS) is 27.3. The lowest BCUT2D eigenvalue weighted by molar-refractivity contribution is 0.0338. The first-order chi connectivity index (χ1) is 5.36. The van der Waals surface area contributed by atoms with Gasteiger partial charge in [-0.3, -0.25) is 4.90 Å². The molecule has 1 unspecified atom stereocenters. The molecule has 2 nitrogen and oxygen atoms in total. The second-order valence-electron chi connectivity index (χ2n) is 3.02. The number of methoxy groups -OCH3 is 1. The number of hydrogen-bond acceptors (Lipinski definition) is 3. The molecule has 1 heterocycles. The average Bonchev–Trinajstić information content (AvgIpc) is 2.06. The molecule has 1 aliphatic rings. The van der Waals surface area contributed by atoms with Gasteiger partial charge in [-0.05, 0) is 19.4 Å². The van der Waals surface area contributed by atoms with Gasteiger partial charge in [-0.1, -0.05) is 0 Å². The van der Waals surface area contributed by atoms with Crippen LogP contribution < -0.4 is 0 Å². The molecular weight excluding hydrogens is 158 g/mol. The Hall–Kier alpha value is 0.270. The van der Waals surface area contributed by atoms with Crippen LogP contribution in [0.4, 0.5) is 0 Å². The van der Waals surface area contributed by atoms with Crippen LogP contribution in [0.25, 0.3) is 0 Å². The van der Waals surface area contributed by atoms with E-state index in [4.69, 9.17) is 4.74 Å². The van der Waals surface area contributed by atoms with Crippen molar-refractivity contribution in [2.75, 3.05) is 32.5 Å². The molecule has 0 spiro atoms. The van der Waals surface area contributed by atoms with Crippen LogP contribution in [0.3, 0.4) is 0 Å². The molecule has 0 aliphatic carbocycles. The summed E-state index contributed by atoms with van der Waals surface area (Å²) in [7, 11) is 1.80. The van der Waals surface area contributed by atoms with Crippen molar-refractivity contribution in [3.8, 4) is 0 Å². The zero-order chi connectivity index (χ0) is 8.10. The number of nitrogens with zero attached hydrogens (tertiary/aromatic N) is 1. The quantitative estimate of drug-likeness (QED) is 0.643. The summed E-state index contributed by atoms with van der Waals surface area (Å²) in [5.74, 6) is 0.955. The van der Waals surface area contributed by atoms with Crippen molar-refractivity contribution in [3.63, 3.8) is 0 Å². The van der Waals surface area contributed by atoms with E-state index in [2.05, 4.69) is 17.5 Å². The molecular formula is C8H17NOS. The van der Waals surface area contributed by atoms with Gasteiger partial charge >= 0.3 is 0 Å². The molecule has 1 fully saturated rings. The molecule has 1 rings (SSSR count). The van der Waals surface area contributed by atoms with Crippen molar-refractivity contribution in [3.05, 3.63) is 0 Å². The molecule has 0 amide bonds. The van der Waals surface area contributed by atoms with Crippen LogP contribution in [0, 0.1) is 0 Å². The summed E-state index contributed by atoms with van der Waals surface area (Å²) >= 11 is 4.21. The van der Waals surface area contributed by atoms with Gasteiger partial charge in [0, 0.05) is 26.0 Å². The van der Waals surface area contributed by atoms with E-state index >= 15 is 0 Å². The van der Waals surface area contributed by atoms with Crippen molar-refractivity contribution in [1.29, 1.82) is 0 Å². The van der Waals surface area contributed by atoms with Crippen LogP contribution in [-0.2, 0) is 4.74 Å². The zero-order valence-electron chi connectivity index (χ0n) is 7.12. The molecule has 1 aliphatic heterocycles. The summed E-state index contributed by atoms with van der Waals surface area (Å²) in [5, 5.41) is 0. The third-order valence-electron chi connectivity index (χ3n) is 2.21. The van der Waals surface area contributed by atoms with Crippen LogP contribution in [-0.4, -0.2) is 43.5 Å². The molecule has 0 saturated carbocycles. The lowest BCUT2D eigenvalue weighted by Crippen LogP contribution is -2.40. The standard InChI is InChI=1S/C8H17NOS/c1-10-8-3-2-4-9(7-8)5-6-11/h8,11H,2-7H2,1H3. The van der Waals surface area contributed by atoms with E-state index in [0.29, 0.717) is 6.10 Å². The topological polar surface area (TPSA) is 12.5 Å². The van der Waals surface area contributed by atoms with Gasteiger partial charge in [0.15, 0.2) is 0 Å². The number of likely N-dealkylation sites (tertiary alicyclic amines) is 1. The predicted octanol–water partition coefficient (Wildman–Crippen LogP) is 1.03. The molecule has 66 valence electrons. The van der Waals surface area contributed by atoms with Gasteiger partial charge in [0.05, 0.1) is 6.10 Å². The number of hydrogen-bond donors (Lipinski definition) is 1. The molecule has 0 aromatic carbocycles. The molecule has 1 atom stereocenters. The zero-order valence-corrected chi connectivity index (χ0v) is 8.02. The highest BCUT2D eigenvalue weighted by atomic mass is 32.1. The highest BCUT2D eigenvalue weighted by Gasteiger charge is 2.17. The Kier molecular flexibility index (Phi) is 4.26. The van der Waals surface area contributed by atoms with Crippen molar-refractivity contribution >= 4 is 12.6 Å². The van der Waals surface area contributed by atoms with E-state index in [1.54, 1.807) is 7.11 Å². The maximum absolute atomic E-state index is 5.30. The van der Waals surface area contributed by atoms with Gasteiger partial charge in [0.25, 0.3) is 0 Å². The van der Waals surface area contributed by atoms with Gasteiger partial charge < -0.3 is 4.74 Å². The Morgan fingerprint density at radius 3 is 3.09 bits per heavy atom. The van der Waals surface area contributed by atoms with Crippen molar-refractivity contribution in [2.24, 2.45) is 0 Å². The summed E-state index contributed by atoms with van der Waals surface area (Å²) in [6, 6.07) is 0. The van der Waals surface area contributed by atoms with E-state index in [0.717, 1.165) is 18.8 Å². The lowest BCUT2D eigenvalue weighted by atomic mass is 10.1. The largest absolute Gasteiger partial charge is 0.380 e.